The third kappa shape index (κ3) is 4.60. The quantitative estimate of drug-likeness (QED) is 0.905. The smallest absolute Gasteiger partial charge is 0.0420 e. The average Bonchev–Trinajstić information content (AvgIpc) is 2.83. The minimum atomic E-state index is 0.231. The number of halogens is 1. The molecule has 2 nitrogen and oxygen atoms in total. The topological polar surface area (TPSA) is 38.9 Å². The number of aromatic nitrogens is 1. The van der Waals surface area contributed by atoms with Crippen LogP contribution < -0.4 is 5.73 Å². The molecule has 0 aromatic carbocycles. The molecule has 2 rings (SSSR count). The van der Waals surface area contributed by atoms with Gasteiger partial charge in [0, 0.05) is 39.8 Å². The summed E-state index contributed by atoms with van der Waals surface area (Å²) in [5.74, 6) is 1.06. The molecule has 1 aromatic heterocycles. The second kappa shape index (κ2) is 6.76. The number of hydrogen-bond acceptors (Lipinski definition) is 3. The number of thioether (sulfide) groups is 1. The van der Waals surface area contributed by atoms with Gasteiger partial charge in [-0.15, -0.1) is 0 Å². The maximum atomic E-state index is 6.15. The molecule has 1 atom stereocenters. The Morgan fingerprint density at radius 1 is 1.41 bits per heavy atom. The Morgan fingerprint density at radius 2 is 2.18 bits per heavy atom. The molecule has 1 saturated carbocycles. The van der Waals surface area contributed by atoms with Crippen molar-refractivity contribution in [1.29, 1.82) is 0 Å². The molecule has 0 amide bonds. The first kappa shape index (κ1) is 13.4. The zero-order valence-corrected chi connectivity index (χ0v) is 12.3. The van der Waals surface area contributed by atoms with Crippen molar-refractivity contribution in [3.05, 3.63) is 28.5 Å². The van der Waals surface area contributed by atoms with Crippen molar-refractivity contribution >= 4 is 27.7 Å². The van der Waals surface area contributed by atoms with Crippen LogP contribution in [0.4, 0.5) is 0 Å². The van der Waals surface area contributed by atoms with Crippen LogP contribution in [0.25, 0.3) is 0 Å². The predicted octanol–water partition coefficient (Wildman–Crippen LogP) is 3.39. The first-order chi connectivity index (χ1) is 8.24. The highest BCUT2D eigenvalue weighted by Crippen LogP contribution is 2.29. The van der Waals surface area contributed by atoms with E-state index in [4.69, 9.17) is 5.73 Å². The van der Waals surface area contributed by atoms with Crippen molar-refractivity contribution in [3.8, 4) is 0 Å². The molecule has 17 heavy (non-hydrogen) atoms. The predicted molar refractivity (Wildman–Crippen MR) is 78.3 cm³/mol. The largest absolute Gasteiger partial charge is 0.327 e. The lowest BCUT2D eigenvalue weighted by Crippen LogP contribution is -2.26. The van der Waals surface area contributed by atoms with Gasteiger partial charge in [0.25, 0.3) is 0 Å². The lowest BCUT2D eigenvalue weighted by molar-refractivity contribution is 0.728. The number of hydrogen-bond donors (Lipinski definition) is 1. The molecule has 0 saturated heterocycles. The molecule has 1 aliphatic rings. The van der Waals surface area contributed by atoms with Crippen molar-refractivity contribution in [2.75, 3.05) is 5.75 Å². The molecule has 4 heteroatoms. The van der Waals surface area contributed by atoms with E-state index in [1.165, 1.54) is 25.7 Å². The van der Waals surface area contributed by atoms with Gasteiger partial charge >= 0.3 is 0 Å². The maximum Gasteiger partial charge on any atom is 0.0420 e. The second-order valence-electron chi connectivity index (χ2n) is 4.67. The summed E-state index contributed by atoms with van der Waals surface area (Å²) in [6.07, 6.45) is 8.29. The van der Waals surface area contributed by atoms with Crippen LogP contribution in [0.15, 0.2) is 22.8 Å². The molecule has 1 heterocycles. The number of nitrogens with zero attached hydrogens (tertiary/aromatic N) is 1. The summed E-state index contributed by atoms with van der Waals surface area (Å²) < 4.78 is 1.02. The Morgan fingerprint density at radius 3 is 2.82 bits per heavy atom. The highest BCUT2D eigenvalue weighted by molar-refractivity contribution is 9.10. The van der Waals surface area contributed by atoms with Crippen molar-refractivity contribution in [3.63, 3.8) is 0 Å². The van der Waals surface area contributed by atoms with Crippen LogP contribution in [-0.2, 0) is 6.42 Å². The first-order valence-corrected chi connectivity index (χ1v) is 8.06. The van der Waals surface area contributed by atoms with Gasteiger partial charge in [0.15, 0.2) is 0 Å². The van der Waals surface area contributed by atoms with Gasteiger partial charge in [-0.1, -0.05) is 12.8 Å². The molecule has 0 aliphatic heterocycles. The molecule has 94 valence electrons. The van der Waals surface area contributed by atoms with E-state index < -0.39 is 0 Å². The van der Waals surface area contributed by atoms with E-state index in [1.54, 1.807) is 0 Å². The van der Waals surface area contributed by atoms with Gasteiger partial charge in [-0.25, -0.2) is 0 Å². The van der Waals surface area contributed by atoms with Gasteiger partial charge in [-0.05, 0) is 40.9 Å². The zero-order chi connectivity index (χ0) is 12.1. The number of pyridine rings is 1. The summed E-state index contributed by atoms with van der Waals surface area (Å²) in [7, 11) is 0. The fourth-order valence-electron chi connectivity index (χ4n) is 2.17. The zero-order valence-electron chi connectivity index (χ0n) is 9.94. The number of nitrogens with two attached hydrogens (primary N) is 1. The third-order valence-corrected chi connectivity index (χ3v) is 5.14. The van der Waals surface area contributed by atoms with Crippen LogP contribution in [0, 0.1) is 0 Å². The van der Waals surface area contributed by atoms with Crippen molar-refractivity contribution in [1.82, 2.24) is 4.98 Å². The van der Waals surface area contributed by atoms with Gasteiger partial charge in [-0.3, -0.25) is 4.98 Å². The summed E-state index contributed by atoms with van der Waals surface area (Å²) >= 11 is 5.44. The van der Waals surface area contributed by atoms with E-state index in [9.17, 15) is 0 Å². The SMILES string of the molecule is NC(CSC1CCCC1)Cc1ccc(Br)cn1. The summed E-state index contributed by atoms with van der Waals surface area (Å²) in [6.45, 7) is 0. The Bertz CT molecular complexity index is 336. The maximum absolute atomic E-state index is 6.15. The fraction of sp³-hybridized carbons (Fsp3) is 0.615. The van der Waals surface area contributed by atoms with Crippen LogP contribution in [0.3, 0.4) is 0 Å². The Kier molecular flexibility index (Phi) is 5.32. The van der Waals surface area contributed by atoms with Crippen LogP contribution in [0.5, 0.6) is 0 Å². The van der Waals surface area contributed by atoms with Crippen molar-refractivity contribution in [2.45, 2.75) is 43.4 Å². The normalized spacial score (nSPS) is 18.5. The molecule has 0 spiro atoms. The summed E-state index contributed by atoms with van der Waals surface area (Å²) in [5, 5.41) is 0.860. The van der Waals surface area contributed by atoms with Crippen LogP contribution in [0.2, 0.25) is 0 Å². The molecule has 2 N–H and O–H groups in total. The van der Waals surface area contributed by atoms with E-state index in [0.717, 1.165) is 27.6 Å². The summed E-state index contributed by atoms with van der Waals surface area (Å²) in [4.78, 5) is 4.36. The molecule has 0 bridgehead atoms. The van der Waals surface area contributed by atoms with Crippen molar-refractivity contribution in [2.24, 2.45) is 5.73 Å². The van der Waals surface area contributed by atoms with Gasteiger partial charge in [-0.2, -0.15) is 11.8 Å². The lowest BCUT2D eigenvalue weighted by atomic mass is 10.2. The average molecular weight is 315 g/mol. The van der Waals surface area contributed by atoms with Gasteiger partial charge in [0.2, 0.25) is 0 Å². The lowest BCUT2D eigenvalue weighted by Gasteiger charge is -2.14. The molecule has 1 unspecified atom stereocenters. The van der Waals surface area contributed by atoms with Crippen LogP contribution >= 0.6 is 27.7 Å². The van der Waals surface area contributed by atoms with E-state index in [2.05, 4.69) is 32.7 Å². The highest BCUT2D eigenvalue weighted by atomic mass is 79.9. The molecule has 0 radical (unpaired) electrons. The Labute approximate surface area is 116 Å². The molecular weight excluding hydrogens is 296 g/mol. The van der Waals surface area contributed by atoms with E-state index in [0.29, 0.717) is 0 Å². The number of rotatable bonds is 5. The first-order valence-electron chi connectivity index (χ1n) is 6.21. The third-order valence-electron chi connectivity index (χ3n) is 3.11. The molecule has 1 aromatic rings. The second-order valence-corrected chi connectivity index (χ2v) is 6.92. The van der Waals surface area contributed by atoms with Gasteiger partial charge in [0.1, 0.15) is 0 Å². The van der Waals surface area contributed by atoms with E-state index in [1.807, 2.05) is 18.3 Å². The van der Waals surface area contributed by atoms with E-state index in [-0.39, 0.29) is 6.04 Å². The monoisotopic (exact) mass is 314 g/mol. The van der Waals surface area contributed by atoms with Gasteiger partial charge in [0.05, 0.1) is 0 Å². The summed E-state index contributed by atoms with van der Waals surface area (Å²) in [6, 6.07) is 4.30. The molecule has 1 aliphatic carbocycles. The fourth-order valence-corrected chi connectivity index (χ4v) is 3.71. The minimum Gasteiger partial charge on any atom is -0.327 e. The molecule has 1 fully saturated rings. The van der Waals surface area contributed by atoms with Crippen LogP contribution in [0.1, 0.15) is 31.4 Å². The summed E-state index contributed by atoms with van der Waals surface area (Å²) in [5.41, 5.74) is 7.24. The van der Waals surface area contributed by atoms with E-state index >= 15 is 0 Å². The van der Waals surface area contributed by atoms with Crippen LogP contribution in [-0.4, -0.2) is 22.0 Å². The van der Waals surface area contributed by atoms with Gasteiger partial charge < -0.3 is 5.73 Å². The van der Waals surface area contributed by atoms with Crippen molar-refractivity contribution < 1.29 is 0 Å². The Hall–Kier alpha value is -0.0600. The highest BCUT2D eigenvalue weighted by Gasteiger charge is 2.16. The standard InChI is InChI=1S/C13H19BrN2S/c14-10-5-6-12(16-8-10)7-11(15)9-17-13-3-1-2-4-13/h5-6,8,11,13H,1-4,7,9,15H2. The Balaban J connectivity index is 1.72. The minimum absolute atomic E-state index is 0.231. The molecular formula is C13H19BrN2S.